The van der Waals surface area contributed by atoms with E-state index in [1.807, 2.05) is 23.6 Å². The van der Waals surface area contributed by atoms with Crippen molar-refractivity contribution in [2.45, 2.75) is 6.42 Å². The highest BCUT2D eigenvalue weighted by Gasteiger charge is 2.11. The number of amides is 2. The van der Waals surface area contributed by atoms with E-state index in [-0.39, 0.29) is 24.8 Å². The summed E-state index contributed by atoms with van der Waals surface area (Å²) in [5.74, 6) is -0.511. The summed E-state index contributed by atoms with van der Waals surface area (Å²) in [6, 6.07) is 7.42. The summed E-state index contributed by atoms with van der Waals surface area (Å²) in [4.78, 5) is 27.8. The van der Waals surface area contributed by atoms with Crippen LogP contribution in [0.5, 0.6) is 0 Å². The molecule has 8 heteroatoms. The summed E-state index contributed by atoms with van der Waals surface area (Å²) in [6.07, 6.45) is 0.117. The standard InChI is InChI=1S/C16H18ClN3O3S/c1-23-7-6-18-15(22)9-19-14(21)8-11-10-24-16(20-11)12-4-2-3-5-13(12)17/h2-5,10H,6-9H2,1H3,(H,18,22)(H,19,21). The van der Waals surface area contributed by atoms with E-state index in [4.69, 9.17) is 16.3 Å². The maximum absolute atomic E-state index is 11.9. The molecule has 0 aliphatic rings. The van der Waals surface area contributed by atoms with Gasteiger partial charge in [0.1, 0.15) is 5.01 Å². The molecule has 0 unspecified atom stereocenters. The lowest BCUT2D eigenvalue weighted by Crippen LogP contribution is -2.38. The molecular formula is C16H18ClN3O3S. The molecular weight excluding hydrogens is 350 g/mol. The van der Waals surface area contributed by atoms with Crippen LogP contribution in [0.2, 0.25) is 5.02 Å². The number of thiazole rings is 1. The second-order valence-corrected chi connectivity index (χ2v) is 6.19. The number of hydrogen-bond donors (Lipinski definition) is 2. The Balaban J connectivity index is 1.83. The number of nitrogens with one attached hydrogen (secondary N) is 2. The van der Waals surface area contributed by atoms with E-state index in [1.54, 1.807) is 13.2 Å². The van der Waals surface area contributed by atoms with Gasteiger partial charge in [0.15, 0.2) is 0 Å². The minimum Gasteiger partial charge on any atom is -0.383 e. The highest BCUT2D eigenvalue weighted by molar-refractivity contribution is 7.13. The third kappa shape index (κ3) is 5.59. The summed E-state index contributed by atoms with van der Waals surface area (Å²) in [5.41, 5.74) is 1.49. The van der Waals surface area contributed by atoms with Gasteiger partial charge in [-0.25, -0.2) is 4.98 Å². The van der Waals surface area contributed by atoms with Crippen LogP contribution in [0, 0.1) is 0 Å². The van der Waals surface area contributed by atoms with Crippen LogP contribution >= 0.6 is 22.9 Å². The monoisotopic (exact) mass is 367 g/mol. The van der Waals surface area contributed by atoms with Crippen LogP contribution in [0.25, 0.3) is 10.6 Å². The molecule has 24 heavy (non-hydrogen) atoms. The van der Waals surface area contributed by atoms with Gasteiger partial charge in [-0.1, -0.05) is 29.8 Å². The molecule has 0 bridgehead atoms. The number of aromatic nitrogens is 1. The molecule has 0 fully saturated rings. The highest BCUT2D eigenvalue weighted by atomic mass is 35.5. The van der Waals surface area contributed by atoms with Gasteiger partial charge in [0.25, 0.3) is 0 Å². The van der Waals surface area contributed by atoms with Gasteiger partial charge >= 0.3 is 0 Å². The second kappa shape index (κ2) is 9.36. The van der Waals surface area contributed by atoms with E-state index in [0.29, 0.717) is 23.9 Å². The third-order valence-electron chi connectivity index (χ3n) is 3.07. The summed E-state index contributed by atoms with van der Waals surface area (Å²) >= 11 is 7.57. The molecule has 0 atom stereocenters. The van der Waals surface area contributed by atoms with E-state index in [2.05, 4.69) is 15.6 Å². The SMILES string of the molecule is COCCNC(=O)CNC(=O)Cc1csc(-c2ccccc2Cl)n1. The maximum Gasteiger partial charge on any atom is 0.239 e. The average Bonchev–Trinajstić information content (AvgIpc) is 3.02. The summed E-state index contributed by atoms with van der Waals surface area (Å²) in [6.45, 7) is 0.784. The first-order valence-corrected chi connectivity index (χ1v) is 8.57. The molecule has 2 rings (SSSR count). The van der Waals surface area contributed by atoms with Crippen LogP contribution in [0.4, 0.5) is 0 Å². The van der Waals surface area contributed by atoms with Crippen molar-refractivity contribution in [3.63, 3.8) is 0 Å². The fraction of sp³-hybridized carbons (Fsp3) is 0.312. The van der Waals surface area contributed by atoms with E-state index < -0.39 is 0 Å². The van der Waals surface area contributed by atoms with Crippen molar-refractivity contribution in [3.05, 3.63) is 40.4 Å². The first-order chi connectivity index (χ1) is 11.6. The van der Waals surface area contributed by atoms with Gasteiger partial charge in [0, 0.05) is 24.6 Å². The largest absolute Gasteiger partial charge is 0.383 e. The molecule has 0 radical (unpaired) electrons. The summed E-state index contributed by atoms with van der Waals surface area (Å²) in [7, 11) is 1.55. The van der Waals surface area contributed by atoms with Crippen LogP contribution in [-0.2, 0) is 20.7 Å². The smallest absolute Gasteiger partial charge is 0.239 e. The number of ether oxygens (including phenoxy) is 1. The van der Waals surface area contributed by atoms with E-state index in [0.717, 1.165) is 10.6 Å². The Bertz CT molecular complexity index is 705. The first-order valence-electron chi connectivity index (χ1n) is 7.31. The molecule has 2 aromatic rings. The molecule has 2 N–H and O–H groups in total. The van der Waals surface area contributed by atoms with E-state index in [1.165, 1.54) is 11.3 Å². The predicted octanol–water partition coefficient (Wildman–Crippen LogP) is 1.88. The van der Waals surface area contributed by atoms with Crippen molar-refractivity contribution in [1.29, 1.82) is 0 Å². The van der Waals surface area contributed by atoms with Crippen LogP contribution < -0.4 is 10.6 Å². The normalized spacial score (nSPS) is 10.4. The maximum atomic E-state index is 11.9. The average molecular weight is 368 g/mol. The molecule has 0 aliphatic carbocycles. The van der Waals surface area contributed by atoms with Crippen molar-refractivity contribution >= 4 is 34.8 Å². The van der Waals surface area contributed by atoms with Gasteiger partial charge < -0.3 is 15.4 Å². The Kier molecular flexibility index (Phi) is 7.17. The van der Waals surface area contributed by atoms with E-state index in [9.17, 15) is 9.59 Å². The number of rotatable bonds is 8. The highest BCUT2D eigenvalue weighted by Crippen LogP contribution is 2.30. The fourth-order valence-corrected chi connectivity index (χ4v) is 3.05. The molecule has 6 nitrogen and oxygen atoms in total. The van der Waals surface area contributed by atoms with Crippen LogP contribution in [0.3, 0.4) is 0 Å². The van der Waals surface area contributed by atoms with E-state index >= 15 is 0 Å². The molecule has 2 amide bonds. The first kappa shape index (κ1) is 18.4. The third-order valence-corrected chi connectivity index (χ3v) is 4.33. The number of benzene rings is 1. The Morgan fingerprint density at radius 2 is 2.04 bits per heavy atom. The fourth-order valence-electron chi connectivity index (χ4n) is 1.91. The van der Waals surface area contributed by atoms with Crippen molar-refractivity contribution < 1.29 is 14.3 Å². The second-order valence-electron chi connectivity index (χ2n) is 4.92. The van der Waals surface area contributed by atoms with Gasteiger partial charge in [0.2, 0.25) is 11.8 Å². The molecule has 0 spiro atoms. The van der Waals surface area contributed by atoms with Crippen LogP contribution in [0.1, 0.15) is 5.69 Å². The van der Waals surface area contributed by atoms with Crippen molar-refractivity contribution in [2.75, 3.05) is 26.8 Å². The Morgan fingerprint density at radius 1 is 1.25 bits per heavy atom. The molecule has 0 saturated heterocycles. The zero-order valence-corrected chi connectivity index (χ0v) is 14.7. The van der Waals surface area contributed by atoms with Crippen LogP contribution in [0.15, 0.2) is 29.6 Å². The molecule has 0 aliphatic heterocycles. The lowest BCUT2D eigenvalue weighted by atomic mass is 10.2. The number of methoxy groups -OCH3 is 1. The predicted molar refractivity (Wildman–Crippen MR) is 94.2 cm³/mol. The van der Waals surface area contributed by atoms with Gasteiger partial charge in [-0.3, -0.25) is 9.59 Å². The molecule has 0 saturated carbocycles. The van der Waals surface area contributed by atoms with Crippen molar-refractivity contribution in [1.82, 2.24) is 15.6 Å². The minimum atomic E-state index is -0.257. The quantitative estimate of drug-likeness (QED) is 0.698. The Labute approximate surface area is 149 Å². The van der Waals surface area contributed by atoms with Crippen molar-refractivity contribution in [2.24, 2.45) is 0 Å². The summed E-state index contributed by atoms with van der Waals surface area (Å²) in [5, 5.41) is 8.39. The lowest BCUT2D eigenvalue weighted by Gasteiger charge is -2.05. The Hall–Kier alpha value is -1.96. The molecule has 1 aromatic heterocycles. The lowest BCUT2D eigenvalue weighted by molar-refractivity contribution is -0.125. The van der Waals surface area contributed by atoms with Crippen molar-refractivity contribution in [3.8, 4) is 10.6 Å². The topological polar surface area (TPSA) is 80.3 Å². The molecule has 128 valence electrons. The molecule has 1 aromatic carbocycles. The minimum absolute atomic E-state index is 0.0654. The van der Waals surface area contributed by atoms with Gasteiger partial charge in [-0.15, -0.1) is 11.3 Å². The Morgan fingerprint density at radius 3 is 2.79 bits per heavy atom. The summed E-state index contributed by atoms with van der Waals surface area (Å²) < 4.78 is 4.83. The number of hydrogen-bond acceptors (Lipinski definition) is 5. The van der Waals surface area contributed by atoms with Gasteiger partial charge in [0.05, 0.1) is 30.3 Å². The zero-order valence-electron chi connectivity index (χ0n) is 13.2. The molecule has 1 heterocycles. The number of carbonyl (C=O) groups is 2. The van der Waals surface area contributed by atoms with Gasteiger partial charge in [-0.05, 0) is 6.07 Å². The number of nitrogens with zero attached hydrogens (tertiary/aromatic N) is 1. The zero-order chi connectivity index (χ0) is 17.4. The van der Waals surface area contributed by atoms with Crippen LogP contribution in [-0.4, -0.2) is 43.6 Å². The number of halogens is 1. The number of carbonyl (C=O) groups excluding carboxylic acids is 2. The van der Waals surface area contributed by atoms with Gasteiger partial charge in [-0.2, -0.15) is 0 Å².